The van der Waals surface area contributed by atoms with Crippen molar-refractivity contribution < 1.29 is 4.48 Å². The maximum atomic E-state index is 11.6. The van der Waals surface area contributed by atoms with E-state index in [1.165, 1.54) is 0 Å². The minimum atomic E-state index is -0.157. The molecule has 1 aliphatic rings. The Bertz CT molecular complexity index is 103. The van der Waals surface area contributed by atoms with Crippen molar-refractivity contribution in [3.63, 3.8) is 0 Å². The van der Waals surface area contributed by atoms with Crippen LogP contribution in [-0.4, -0.2) is 12.6 Å². The maximum Gasteiger partial charge on any atom is 0.0778 e. The molecule has 2 nitrogen and oxygen atoms in total. The van der Waals surface area contributed by atoms with Gasteiger partial charge in [0.05, 0.1) is 6.04 Å². The normalized spacial score (nSPS) is 28.1. The molecule has 0 amide bonds. The summed E-state index contributed by atoms with van der Waals surface area (Å²) in [4.78, 5) is 0. The molecule has 2 N–H and O–H groups in total. The van der Waals surface area contributed by atoms with E-state index < -0.39 is 0 Å². The predicted molar refractivity (Wildman–Crippen MR) is 29.8 cm³/mol. The van der Waals surface area contributed by atoms with E-state index in [0.717, 1.165) is 18.7 Å². The zero-order valence-corrected chi connectivity index (χ0v) is 4.58. The first-order chi connectivity index (χ1) is 3.84. The van der Waals surface area contributed by atoms with Crippen molar-refractivity contribution in [2.24, 2.45) is 0 Å². The molecule has 3 heteroatoms. The molecule has 0 bridgehead atoms. The molecule has 1 rings (SSSR count). The van der Waals surface area contributed by atoms with E-state index in [1.54, 1.807) is 5.54 Å². The number of rotatable bonds is 1. The highest BCUT2D eigenvalue weighted by molar-refractivity contribution is 5.07. The van der Waals surface area contributed by atoms with E-state index >= 15 is 0 Å². The average molecular weight is 116 g/mol. The molecule has 1 saturated heterocycles. The highest BCUT2D eigenvalue weighted by Gasteiger charge is 2.16. The van der Waals surface area contributed by atoms with Crippen molar-refractivity contribution in [1.29, 1.82) is 0 Å². The van der Waals surface area contributed by atoms with Gasteiger partial charge in [-0.2, -0.15) is 5.54 Å². The van der Waals surface area contributed by atoms with Crippen LogP contribution in [0.15, 0.2) is 12.3 Å². The van der Waals surface area contributed by atoms with Crippen LogP contribution in [0.5, 0.6) is 0 Å². The van der Waals surface area contributed by atoms with Gasteiger partial charge in [-0.25, -0.2) is 0 Å². The van der Waals surface area contributed by atoms with Crippen LogP contribution in [0.3, 0.4) is 0 Å². The summed E-state index contributed by atoms with van der Waals surface area (Å²) in [6.07, 6.45) is 0.801. The molecule has 0 aromatic rings. The van der Waals surface area contributed by atoms with Crippen molar-refractivity contribution in [2.45, 2.75) is 12.5 Å². The van der Waals surface area contributed by atoms with Crippen molar-refractivity contribution in [1.82, 2.24) is 10.9 Å². The van der Waals surface area contributed by atoms with Gasteiger partial charge in [0, 0.05) is 12.2 Å². The largest absolute Gasteiger partial charge is 0.387 e. The van der Waals surface area contributed by atoms with Gasteiger partial charge in [0.25, 0.3) is 0 Å². The van der Waals surface area contributed by atoms with Gasteiger partial charge < -0.3 is 5.32 Å². The Labute approximate surface area is 47.7 Å². The molecule has 1 atom stereocenters. The van der Waals surface area contributed by atoms with E-state index in [1.807, 2.05) is 0 Å². The van der Waals surface area contributed by atoms with Gasteiger partial charge >= 0.3 is 0 Å². The second-order valence-electron chi connectivity index (χ2n) is 1.90. The molecule has 0 spiro atoms. The Hall–Kier alpha value is -0.570. The van der Waals surface area contributed by atoms with Crippen molar-refractivity contribution >= 4 is 0 Å². The molecule has 0 radical (unpaired) electrons. The van der Waals surface area contributed by atoms with Gasteiger partial charge in [-0.15, -0.1) is 4.48 Å². The first-order valence-electron chi connectivity index (χ1n) is 2.63. The molecule has 1 aliphatic heterocycles. The summed E-state index contributed by atoms with van der Waals surface area (Å²) in [6.45, 7) is 4.43. The van der Waals surface area contributed by atoms with Crippen molar-refractivity contribution in [3.05, 3.63) is 12.3 Å². The number of halogens is 1. The summed E-state index contributed by atoms with van der Waals surface area (Å²) in [7, 11) is 0. The second kappa shape index (κ2) is 2.13. The molecular weight excluding hydrogens is 107 g/mol. The number of hydrogen-bond acceptors (Lipinski definition) is 2. The van der Waals surface area contributed by atoms with E-state index in [0.29, 0.717) is 0 Å². The standard InChI is InChI=1S/C5H9FN2/c1-4-5(8-6)2-3-7-4/h5,7-8H,1-3H2. The minimum absolute atomic E-state index is 0.157. The van der Waals surface area contributed by atoms with E-state index in [2.05, 4.69) is 11.9 Å². The van der Waals surface area contributed by atoms with Crippen LogP contribution in [0.1, 0.15) is 6.42 Å². The smallest absolute Gasteiger partial charge is 0.0778 e. The van der Waals surface area contributed by atoms with Gasteiger partial charge in [-0.1, -0.05) is 6.58 Å². The Morgan fingerprint density at radius 1 is 1.88 bits per heavy atom. The molecule has 1 fully saturated rings. The summed E-state index contributed by atoms with van der Waals surface area (Å²) in [5.41, 5.74) is 2.41. The third-order valence-corrected chi connectivity index (χ3v) is 1.34. The van der Waals surface area contributed by atoms with Crippen LogP contribution < -0.4 is 10.9 Å². The first-order valence-corrected chi connectivity index (χ1v) is 2.63. The maximum absolute atomic E-state index is 11.6. The fourth-order valence-corrected chi connectivity index (χ4v) is 0.795. The topological polar surface area (TPSA) is 24.1 Å². The fraction of sp³-hybridized carbons (Fsp3) is 0.600. The molecule has 0 aliphatic carbocycles. The SMILES string of the molecule is C=C1NCCC1NF. The number of nitrogens with one attached hydrogen (secondary N) is 2. The van der Waals surface area contributed by atoms with Gasteiger partial charge in [0.2, 0.25) is 0 Å². The highest BCUT2D eigenvalue weighted by atomic mass is 19.2. The van der Waals surface area contributed by atoms with Crippen LogP contribution in [0.4, 0.5) is 4.48 Å². The zero-order valence-electron chi connectivity index (χ0n) is 4.58. The lowest BCUT2D eigenvalue weighted by Gasteiger charge is -2.02. The Morgan fingerprint density at radius 2 is 2.62 bits per heavy atom. The van der Waals surface area contributed by atoms with Crippen molar-refractivity contribution in [3.8, 4) is 0 Å². The minimum Gasteiger partial charge on any atom is -0.387 e. The summed E-state index contributed by atoms with van der Waals surface area (Å²) in [6, 6.07) is -0.157. The van der Waals surface area contributed by atoms with Gasteiger partial charge in [-0.05, 0) is 6.42 Å². The summed E-state index contributed by atoms with van der Waals surface area (Å²) >= 11 is 0. The average Bonchev–Trinajstić information content (AvgIpc) is 2.14. The molecular formula is C5H9FN2. The van der Waals surface area contributed by atoms with Crippen molar-refractivity contribution in [2.75, 3.05) is 6.54 Å². The molecule has 0 aromatic carbocycles. The zero-order chi connectivity index (χ0) is 5.98. The van der Waals surface area contributed by atoms with Crippen LogP contribution in [0.25, 0.3) is 0 Å². The van der Waals surface area contributed by atoms with Gasteiger partial charge in [-0.3, -0.25) is 0 Å². The van der Waals surface area contributed by atoms with E-state index in [4.69, 9.17) is 0 Å². The van der Waals surface area contributed by atoms with Crippen LogP contribution in [-0.2, 0) is 0 Å². The summed E-state index contributed by atoms with van der Waals surface area (Å²) < 4.78 is 11.6. The third kappa shape index (κ3) is 0.816. The second-order valence-corrected chi connectivity index (χ2v) is 1.90. The Kier molecular flexibility index (Phi) is 1.48. The van der Waals surface area contributed by atoms with Gasteiger partial charge in [0.1, 0.15) is 0 Å². The monoisotopic (exact) mass is 116 g/mol. The fourth-order valence-electron chi connectivity index (χ4n) is 0.795. The highest BCUT2D eigenvalue weighted by Crippen LogP contribution is 2.07. The van der Waals surface area contributed by atoms with Gasteiger partial charge in [0.15, 0.2) is 0 Å². The molecule has 1 unspecified atom stereocenters. The summed E-state index contributed by atoms with van der Waals surface area (Å²) in [5.74, 6) is 0. The molecule has 0 saturated carbocycles. The van der Waals surface area contributed by atoms with Crippen LogP contribution in [0.2, 0.25) is 0 Å². The lowest BCUT2D eigenvalue weighted by atomic mass is 10.2. The lowest BCUT2D eigenvalue weighted by Crippen LogP contribution is -2.20. The van der Waals surface area contributed by atoms with Crippen LogP contribution in [0, 0.1) is 0 Å². The lowest BCUT2D eigenvalue weighted by molar-refractivity contribution is 0.296. The summed E-state index contributed by atoms with van der Waals surface area (Å²) in [5, 5.41) is 2.92. The number of hydrogen-bond donors (Lipinski definition) is 2. The predicted octanol–water partition coefficient (Wildman–Crippen LogP) is 0.336. The quantitative estimate of drug-likeness (QED) is 0.482. The third-order valence-electron chi connectivity index (χ3n) is 1.34. The first kappa shape index (κ1) is 5.56. The molecule has 0 aromatic heterocycles. The van der Waals surface area contributed by atoms with E-state index in [9.17, 15) is 4.48 Å². The Balaban J connectivity index is 2.42. The van der Waals surface area contributed by atoms with Crippen LogP contribution >= 0.6 is 0 Å². The van der Waals surface area contributed by atoms with E-state index in [-0.39, 0.29) is 6.04 Å². The Morgan fingerprint density at radius 3 is 2.88 bits per heavy atom. The molecule has 8 heavy (non-hydrogen) atoms. The molecule has 1 heterocycles. The molecule has 46 valence electrons.